The first-order chi connectivity index (χ1) is 7.89. The smallest absolute Gasteiger partial charge is 0.345 e. The molecule has 0 aromatic carbocycles. The average molecular weight is 278 g/mol. The van der Waals surface area contributed by atoms with Gasteiger partial charge in [0.15, 0.2) is 0 Å². The molecular weight excluding hydrogens is 264 g/mol. The van der Waals surface area contributed by atoms with Crippen molar-refractivity contribution in [2.24, 2.45) is 0 Å². The van der Waals surface area contributed by atoms with Gasteiger partial charge >= 0.3 is 5.97 Å². The van der Waals surface area contributed by atoms with Gasteiger partial charge in [-0.2, -0.15) is 4.31 Å². The zero-order valence-corrected chi connectivity index (χ0v) is 11.1. The standard InChI is InChI=1S/C9H14N2O4S2/c1-10-3-4-11(2)17(14,15)7-5-8(9(12)13)16-6-7/h5-6,10H,3-4H2,1-2H3,(H,12,13). The Kier molecular flexibility index (Phi) is 4.63. The summed E-state index contributed by atoms with van der Waals surface area (Å²) < 4.78 is 25.2. The number of thiophene rings is 1. The first kappa shape index (κ1) is 14.1. The third kappa shape index (κ3) is 3.25. The Labute approximate surface area is 104 Å². The van der Waals surface area contributed by atoms with Crippen LogP contribution in [0, 0.1) is 0 Å². The Balaban J connectivity index is 2.92. The molecule has 1 aromatic rings. The molecule has 0 unspecified atom stereocenters. The molecule has 0 atom stereocenters. The number of likely N-dealkylation sites (N-methyl/N-ethyl adjacent to an activating group) is 2. The van der Waals surface area contributed by atoms with E-state index in [0.717, 1.165) is 11.3 Å². The van der Waals surface area contributed by atoms with E-state index in [1.807, 2.05) is 0 Å². The van der Waals surface area contributed by atoms with Crippen LogP contribution in [-0.4, -0.2) is 51.0 Å². The minimum atomic E-state index is -3.58. The number of carboxylic acid groups (broad SMARTS) is 1. The van der Waals surface area contributed by atoms with Crippen molar-refractivity contribution in [1.29, 1.82) is 0 Å². The second kappa shape index (κ2) is 5.58. The number of hydrogen-bond acceptors (Lipinski definition) is 5. The predicted molar refractivity (Wildman–Crippen MR) is 65.0 cm³/mol. The third-order valence-electron chi connectivity index (χ3n) is 2.17. The van der Waals surface area contributed by atoms with Crippen molar-refractivity contribution in [2.75, 3.05) is 27.2 Å². The summed E-state index contributed by atoms with van der Waals surface area (Å²) in [6.07, 6.45) is 0. The van der Waals surface area contributed by atoms with Crippen molar-refractivity contribution in [2.45, 2.75) is 4.90 Å². The van der Waals surface area contributed by atoms with Crippen LogP contribution in [0.15, 0.2) is 16.3 Å². The molecule has 0 saturated carbocycles. The molecule has 96 valence electrons. The van der Waals surface area contributed by atoms with E-state index in [0.29, 0.717) is 13.1 Å². The second-order valence-electron chi connectivity index (χ2n) is 3.38. The van der Waals surface area contributed by atoms with Gasteiger partial charge < -0.3 is 10.4 Å². The van der Waals surface area contributed by atoms with E-state index in [4.69, 9.17) is 5.11 Å². The summed E-state index contributed by atoms with van der Waals surface area (Å²) in [5.74, 6) is -1.12. The Bertz CT molecular complexity index is 495. The lowest BCUT2D eigenvalue weighted by Crippen LogP contribution is -2.32. The number of sulfonamides is 1. The van der Waals surface area contributed by atoms with Gasteiger partial charge in [0.25, 0.3) is 0 Å². The number of nitrogens with zero attached hydrogens (tertiary/aromatic N) is 1. The molecule has 0 saturated heterocycles. The zero-order valence-electron chi connectivity index (χ0n) is 9.50. The minimum absolute atomic E-state index is 0.0191. The first-order valence-corrected chi connectivity index (χ1v) is 7.14. The number of carboxylic acids is 1. The molecule has 2 N–H and O–H groups in total. The lowest BCUT2D eigenvalue weighted by atomic mass is 10.5. The molecule has 1 aromatic heterocycles. The number of hydrogen-bond donors (Lipinski definition) is 2. The lowest BCUT2D eigenvalue weighted by Gasteiger charge is -2.15. The van der Waals surface area contributed by atoms with Gasteiger partial charge in [-0.1, -0.05) is 0 Å². The highest BCUT2D eigenvalue weighted by Crippen LogP contribution is 2.21. The SMILES string of the molecule is CNCCN(C)S(=O)(=O)c1csc(C(=O)O)c1. The fourth-order valence-electron chi connectivity index (χ4n) is 1.14. The van der Waals surface area contributed by atoms with Gasteiger partial charge in [0, 0.05) is 25.5 Å². The molecule has 0 aliphatic rings. The van der Waals surface area contributed by atoms with Crippen LogP contribution in [-0.2, 0) is 10.0 Å². The average Bonchev–Trinajstić information content (AvgIpc) is 2.75. The molecule has 0 amide bonds. The van der Waals surface area contributed by atoms with Crippen LogP contribution in [0.25, 0.3) is 0 Å². The summed E-state index contributed by atoms with van der Waals surface area (Å²) in [4.78, 5) is 10.7. The normalized spacial score (nSPS) is 11.9. The van der Waals surface area contributed by atoms with Crippen LogP contribution >= 0.6 is 11.3 Å². The molecular formula is C9H14N2O4S2. The lowest BCUT2D eigenvalue weighted by molar-refractivity contribution is 0.0702. The molecule has 0 aliphatic carbocycles. The molecule has 1 heterocycles. The van der Waals surface area contributed by atoms with E-state index in [-0.39, 0.29) is 9.77 Å². The fraction of sp³-hybridized carbons (Fsp3) is 0.444. The maximum absolute atomic E-state index is 12.0. The van der Waals surface area contributed by atoms with Crippen molar-refractivity contribution in [3.63, 3.8) is 0 Å². The Morgan fingerprint density at radius 3 is 2.71 bits per heavy atom. The van der Waals surface area contributed by atoms with Crippen LogP contribution < -0.4 is 5.32 Å². The van der Waals surface area contributed by atoms with Crippen LogP contribution in [0.1, 0.15) is 9.67 Å². The summed E-state index contributed by atoms with van der Waals surface area (Å²) in [7, 11) is -0.391. The number of nitrogens with one attached hydrogen (secondary N) is 1. The van der Waals surface area contributed by atoms with Gasteiger partial charge in [-0.05, 0) is 13.1 Å². The van der Waals surface area contributed by atoms with Gasteiger partial charge in [0.1, 0.15) is 4.88 Å². The van der Waals surface area contributed by atoms with Crippen LogP contribution in [0.2, 0.25) is 0 Å². The first-order valence-electron chi connectivity index (χ1n) is 4.82. The maximum Gasteiger partial charge on any atom is 0.345 e. The van der Waals surface area contributed by atoms with E-state index >= 15 is 0 Å². The molecule has 0 spiro atoms. The van der Waals surface area contributed by atoms with E-state index < -0.39 is 16.0 Å². The van der Waals surface area contributed by atoms with Gasteiger partial charge in [-0.15, -0.1) is 11.3 Å². The minimum Gasteiger partial charge on any atom is -0.477 e. The van der Waals surface area contributed by atoms with E-state index in [1.165, 1.54) is 22.8 Å². The van der Waals surface area contributed by atoms with Crippen molar-refractivity contribution in [3.8, 4) is 0 Å². The summed E-state index contributed by atoms with van der Waals surface area (Å²) >= 11 is 0.905. The predicted octanol–water partition coefficient (Wildman–Crippen LogP) is 0.286. The Morgan fingerprint density at radius 2 is 2.24 bits per heavy atom. The summed E-state index contributed by atoms with van der Waals surface area (Å²) in [5, 5.41) is 12.9. The molecule has 0 aliphatic heterocycles. The number of carbonyl (C=O) groups is 1. The molecule has 0 bridgehead atoms. The molecule has 6 nitrogen and oxygen atoms in total. The summed E-state index contributed by atoms with van der Waals surface area (Å²) in [6.45, 7) is 0.864. The number of aromatic carboxylic acids is 1. The van der Waals surface area contributed by atoms with Gasteiger partial charge in [0.2, 0.25) is 10.0 Å². The van der Waals surface area contributed by atoms with Gasteiger partial charge in [0.05, 0.1) is 4.90 Å². The number of rotatable bonds is 6. The highest BCUT2D eigenvalue weighted by atomic mass is 32.2. The molecule has 17 heavy (non-hydrogen) atoms. The zero-order chi connectivity index (χ0) is 13.1. The van der Waals surface area contributed by atoms with E-state index in [2.05, 4.69) is 5.32 Å². The van der Waals surface area contributed by atoms with E-state index in [1.54, 1.807) is 7.05 Å². The van der Waals surface area contributed by atoms with Gasteiger partial charge in [-0.25, -0.2) is 13.2 Å². The van der Waals surface area contributed by atoms with Crippen LogP contribution in [0.3, 0.4) is 0 Å². The monoisotopic (exact) mass is 278 g/mol. The van der Waals surface area contributed by atoms with Gasteiger partial charge in [-0.3, -0.25) is 0 Å². The Hall–Kier alpha value is -0.960. The van der Waals surface area contributed by atoms with Crippen molar-refractivity contribution in [1.82, 2.24) is 9.62 Å². The maximum atomic E-state index is 12.0. The summed E-state index contributed by atoms with van der Waals surface area (Å²) in [6, 6.07) is 1.18. The molecule has 0 fully saturated rings. The highest BCUT2D eigenvalue weighted by Gasteiger charge is 2.22. The van der Waals surface area contributed by atoms with Crippen LogP contribution in [0.4, 0.5) is 0 Å². The molecule has 0 radical (unpaired) electrons. The van der Waals surface area contributed by atoms with E-state index in [9.17, 15) is 13.2 Å². The van der Waals surface area contributed by atoms with Crippen molar-refractivity contribution < 1.29 is 18.3 Å². The van der Waals surface area contributed by atoms with Crippen molar-refractivity contribution >= 4 is 27.3 Å². The molecule has 1 rings (SSSR count). The summed E-state index contributed by atoms with van der Waals surface area (Å²) in [5.41, 5.74) is 0. The third-order valence-corrected chi connectivity index (χ3v) is 5.07. The Morgan fingerprint density at radius 1 is 1.59 bits per heavy atom. The highest BCUT2D eigenvalue weighted by molar-refractivity contribution is 7.89. The largest absolute Gasteiger partial charge is 0.477 e. The second-order valence-corrected chi connectivity index (χ2v) is 6.34. The fourth-order valence-corrected chi connectivity index (χ4v) is 3.41. The van der Waals surface area contributed by atoms with Crippen molar-refractivity contribution in [3.05, 3.63) is 16.3 Å². The molecule has 8 heteroatoms. The quantitative estimate of drug-likeness (QED) is 0.781. The van der Waals surface area contributed by atoms with Crippen LogP contribution in [0.5, 0.6) is 0 Å². The topological polar surface area (TPSA) is 86.7 Å².